The molecule has 1 saturated heterocycles. The van der Waals surface area contributed by atoms with Gasteiger partial charge in [0.15, 0.2) is 5.78 Å². The SMILES string of the molecule is COc1ccc2c(O[C@@H]3C[C@H]4C(=O)C[C@]5(C(=O)NS(=O)(=O)C6CC6)C[C@H]5/C=C\CCCCCNC(=O)N4C3)cc(-c3nc(C(C)C)cs3)nc2c1Cl. The van der Waals surface area contributed by atoms with Gasteiger partial charge in [0.2, 0.25) is 15.9 Å². The Morgan fingerprint density at radius 1 is 1.15 bits per heavy atom. The second kappa shape index (κ2) is 14.6. The van der Waals surface area contributed by atoms with Crippen LogP contribution in [0.1, 0.15) is 83.2 Å². The Kier molecular flexibility index (Phi) is 10.3. The van der Waals surface area contributed by atoms with Crippen LogP contribution in [-0.2, 0) is 19.6 Å². The molecule has 52 heavy (non-hydrogen) atoms. The number of ether oxygens (including phenoxy) is 2. The van der Waals surface area contributed by atoms with E-state index in [1.165, 1.54) is 23.3 Å². The summed E-state index contributed by atoms with van der Waals surface area (Å²) in [5.41, 5.74) is 0.790. The molecule has 0 unspecified atom stereocenters. The van der Waals surface area contributed by atoms with Crippen LogP contribution in [0.5, 0.6) is 11.5 Å². The number of allylic oxidation sites excluding steroid dienone is 2. The summed E-state index contributed by atoms with van der Waals surface area (Å²) in [5, 5.41) is 6.06. The number of nitrogens with one attached hydrogen (secondary N) is 2. The molecule has 4 atom stereocenters. The Morgan fingerprint density at radius 2 is 1.96 bits per heavy atom. The predicted molar refractivity (Wildman–Crippen MR) is 199 cm³/mol. The molecule has 2 aromatic heterocycles. The number of hydrogen-bond donors (Lipinski definition) is 2. The van der Waals surface area contributed by atoms with Gasteiger partial charge in [-0.25, -0.2) is 23.2 Å². The molecule has 0 radical (unpaired) electrons. The van der Waals surface area contributed by atoms with Crippen LogP contribution < -0.4 is 19.5 Å². The van der Waals surface area contributed by atoms with Crippen LogP contribution in [-0.4, -0.2) is 78.6 Å². The molecule has 3 fully saturated rings. The van der Waals surface area contributed by atoms with Crippen molar-refractivity contribution in [2.24, 2.45) is 11.3 Å². The number of thiazole rings is 1. The number of rotatable bonds is 8. The van der Waals surface area contributed by atoms with E-state index in [0.29, 0.717) is 63.9 Å². The van der Waals surface area contributed by atoms with E-state index in [4.69, 9.17) is 31.0 Å². The van der Waals surface area contributed by atoms with Crippen LogP contribution in [0.4, 0.5) is 4.79 Å². The van der Waals surface area contributed by atoms with Gasteiger partial charge in [-0.2, -0.15) is 0 Å². The van der Waals surface area contributed by atoms with Crippen LogP contribution in [0.3, 0.4) is 0 Å². The standard InChI is InChI=1S/C37H44ClN5O7S2/c1-21(2)27-20-51-34(41-27)26-16-31(25-12-13-30(49-3)32(38)33(25)40-26)50-23-15-28-29(44)18-37(35(45)42-52(47,48)24-10-11-24)17-22(37)9-7-5-4-6-8-14-39-36(46)43(28)19-23/h7,9,12-13,16,20-24,28H,4-6,8,10-11,14-15,17-19H2,1-3H3,(H,39,46)(H,42,45)/b9-7-/t22-,23-,28+,37-/m1/s1. The number of carbonyl (C=O) groups is 3. The fraction of sp³-hybridized carbons (Fsp3) is 0.541. The molecule has 7 rings (SSSR count). The minimum Gasteiger partial charge on any atom is -0.495 e. The number of benzene rings is 1. The van der Waals surface area contributed by atoms with Gasteiger partial charge >= 0.3 is 6.03 Å². The highest BCUT2D eigenvalue weighted by atomic mass is 35.5. The maximum atomic E-state index is 14.3. The Morgan fingerprint density at radius 3 is 2.69 bits per heavy atom. The summed E-state index contributed by atoms with van der Waals surface area (Å²) < 4.78 is 40.0. The lowest BCUT2D eigenvalue weighted by Crippen LogP contribution is -2.48. The summed E-state index contributed by atoms with van der Waals surface area (Å²) in [7, 11) is -2.27. The summed E-state index contributed by atoms with van der Waals surface area (Å²) in [6, 6.07) is 4.11. The minimum absolute atomic E-state index is 0.124. The number of methoxy groups -OCH3 is 1. The highest BCUT2D eigenvalue weighted by molar-refractivity contribution is 7.90. The van der Waals surface area contributed by atoms with Gasteiger partial charge in [-0.15, -0.1) is 11.3 Å². The quantitative estimate of drug-likeness (QED) is 0.248. The average Bonchev–Trinajstić information content (AvgIpc) is 3.98. The minimum atomic E-state index is -3.81. The smallest absolute Gasteiger partial charge is 0.318 e. The van der Waals surface area contributed by atoms with Gasteiger partial charge in [-0.05, 0) is 62.5 Å². The number of amides is 3. The lowest BCUT2D eigenvalue weighted by atomic mass is 9.91. The van der Waals surface area contributed by atoms with E-state index in [-0.39, 0.29) is 43.0 Å². The fourth-order valence-corrected chi connectivity index (χ4v) is 9.82. The zero-order chi connectivity index (χ0) is 36.8. The number of fused-ring (bicyclic) bond motifs is 3. The maximum absolute atomic E-state index is 14.3. The molecule has 0 spiro atoms. The Bertz CT molecular complexity index is 2030. The molecule has 4 heterocycles. The molecule has 2 aliphatic heterocycles. The topological polar surface area (TPSA) is 157 Å². The molecule has 3 aromatic rings. The van der Waals surface area contributed by atoms with E-state index in [9.17, 15) is 22.8 Å². The maximum Gasteiger partial charge on any atom is 0.318 e. The van der Waals surface area contributed by atoms with Crippen molar-refractivity contribution in [3.63, 3.8) is 0 Å². The molecule has 278 valence electrons. The number of hydrogen-bond acceptors (Lipinski definition) is 10. The molecule has 0 bridgehead atoms. The van der Waals surface area contributed by atoms with E-state index in [1.54, 1.807) is 6.07 Å². The zero-order valence-electron chi connectivity index (χ0n) is 29.5. The Balaban J connectivity index is 1.20. The Hall–Kier alpha value is -3.75. The van der Waals surface area contributed by atoms with E-state index in [1.807, 2.05) is 29.7 Å². The predicted octanol–water partition coefficient (Wildman–Crippen LogP) is 6.38. The summed E-state index contributed by atoms with van der Waals surface area (Å²) in [6.45, 7) is 4.73. The zero-order valence-corrected chi connectivity index (χ0v) is 31.9. The first-order chi connectivity index (χ1) is 24.9. The molecule has 2 saturated carbocycles. The third kappa shape index (κ3) is 7.38. The largest absolute Gasteiger partial charge is 0.495 e. The van der Waals surface area contributed by atoms with Crippen molar-refractivity contribution < 1.29 is 32.3 Å². The fourth-order valence-electron chi connectivity index (χ4n) is 7.21. The number of pyridine rings is 1. The van der Waals surface area contributed by atoms with Crippen molar-refractivity contribution in [2.45, 2.75) is 94.9 Å². The van der Waals surface area contributed by atoms with E-state index in [2.05, 4.69) is 23.9 Å². The average molecular weight is 770 g/mol. The van der Waals surface area contributed by atoms with Crippen molar-refractivity contribution in [3.05, 3.63) is 46.4 Å². The molecular formula is C37H44ClN5O7S2. The van der Waals surface area contributed by atoms with Gasteiger partial charge < -0.3 is 19.7 Å². The van der Waals surface area contributed by atoms with Gasteiger partial charge in [0, 0.05) is 36.2 Å². The number of aromatic nitrogens is 2. The summed E-state index contributed by atoms with van der Waals surface area (Å²) in [4.78, 5) is 52.8. The first-order valence-electron chi connectivity index (χ1n) is 18.0. The molecule has 2 aliphatic carbocycles. The summed E-state index contributed by atoms with van der Waals surface area (Å²) in [6.07, 6.45) is 8.18. The number of ketones is 1. The van der Waals surface area contributed by atoms with Crippen molar-refractivity contribution >= 4 is 61.6 Å². The van der Waals surface area contributed by atoms with Crippen molar-refractivity contribution in [3.8, 4) is 22.2 Å². The van der Waals surface area contributed by atoms with Crippen LogP contribution in [0.25, 0.3) is 21.6 Å². The lowest BCUT2D eigenvalue weighted by molar-refractivity contribution is -0.131. The van der Waals surface area contributed by atoms with E-state index in [0.717, 1.165) is 31.4 Å². The summed E-state index contributed by atoms with van der Waals surface area (Å²) in [5.74, 6) is -0.0518. The monoisotopic (exact) mass is 769 g/mol. The molecular weight excluding hydrogens is 726 g/mol. The molecule has 4 aliphatic rings. The number of halogens is 1. The lowest BCUT2D eigenvalue weighted by Gasteiger charge is -2.25. The van der Waals surface area contributed by atoms with Crippen LogP contribution in [0.2, 0.25) is 5.02 Å². The highest BCUT2D eigenvalue weighted by Gasteiger charge is 2.61. The number of urea groups is 1. The van der Waals surface area contributed by atoms with E-state index < -0.39 is 38.7 Å². The number of carbonyl (C=O) groups excluding carboxylic acids is 3. The number of Topliss-reactive ketones (excluding diaryl/α,β-unsaturated/α-hetero) is 1. The molecule has 1 aromatic carbocycles. The molecule has 15 heteroatoms. The second-order valence-corrected chi connectivity index (χ2v) is 17.9. The molecule has 3 amide bonds. The van der Waals surface area contributed by atoms with Gasteiger partial charge in [0.25, 0.3) is 0 Å². The number of sulfonamides is 1. The van der Waals surface area contributed by atoms with Crippen LogP contribution in [0.15, 0.2) is 35.7 Å². The van der Waals surface area contributed by atoms with Gasteiger partial charge in [0.1, 0.15) is 33.3 Å². The third-order valence-corrected chi connectivity index (χ3v) is 13.6. The third-order valence-electron chi connectivity index (χ3n) is 10.6. The molecule has 2 N–H and O–H groups in total. The highest BCUT2D eigenvalue weighted by Crippen LogP contribution is 2.57. The van der Waals surface area contributed by atoms with E-state index >= 15 is 0 Å². The van der Waals surface area contributed by atoms with Gasteiger partial charge in [-0.1, -0.05) is 44.0 Å². The number of nitrogens with zero attached hydrogens (tertiary/aromatic N) is 3. The second-order valence-electron chi connectivity index (χ2n) is 14.7. The van der Waals surface area contributed by atoms with Crippen molar-refractivity contribution in [1.82, 2.24) is 24.9 Å². The summed E-state index contributed by atoms with van der Waals surface area (Å²) >= 11 is 8.26. The molecule has 12 nitrogen and oxygen atoms in total. The van der Waals surface area contributed by atoms with Crippen molar-refractivity contribution in [2.75, 3.05) is 20.2 Å². The van der Waals surface area contributed by atoms with Crippen LogP contribution >= 0.6 is 22.9 Å². The first-order valence-corrected chi connectivity index (χ1v) is 20.8. The Labute approximate surface area is 312 Å². The van der Waals surface area contributed by atoms with Gasteiger partial charge in [-0.3, -0.25) is 14.3 Å². The first kappa shape index (κ1) is 36.6. The van der Waals surface area contributed by atoms with Crippen LogP contribution in [0, 0.1) is 11.3 Å². The van der Waals surface area contributed by atoms with Gasteiger partial charge in [0.05, 0.1) is 41.6 Å². The normalized spacial score (nSPS) is 26.2. The van der Waals surface area contributed by atoms with Crippen molar-refractivity contribution in [1.29, 1.82) is 0 Å².